The molecule has 0 rings (SSSR count). The molecular formula is C8H16N2O2. The molecular weight excluding hydrogens is 156 g/mol. The number of aliphatic hydroxyl groups is 1. The van der Waals surface area contributed by atoms with Crippen molar-refractivity contribution in [3.05, 3.63) is 12.7 Å². The van der Waals surface area contributed by atoms with Crippen LogP contribution in [-0.2, 0) is 4.79 Å². The van der Waals surface area contributed by atoms with Gasteiger partial charge in [0.1, 0.15) is 0 Å². The molecule has 1 atom stereocenters. The average Bonchev–Trinajstić information content (AvgIpc) is 2.01. The third-order valence-corrected chi connectivity index (χ3v) is 1.17. The molecule has 0 aliphatic carbocycles. The quantitative estimate of drug-likeness (QED) is 0.365. The van der Waals surface area contributed by atoms with Gasteiger partial charge >= 0.3 is 0 Å². The van der Waals surface area contributed by atoms with Crippen LogP contribution in [0.2, 0.25) is 0 Å². The van der Waals surface area contributed by atoms with Crippen molar-refractivity contribution in [2.75, 3.05) is 19.6 Å². The van der Waals surface area contributed by atoms with Crippen LogP contribution in [0.3, 0.4) is 0 Å². The Morgan fingerprint density at radius 1 is 1.75 bits per heavy atom. The lowest BCUT2D eigenvalue weighted by atomic mass is 10.4. The Balaban J connectivity index is 3.27. The molecule has 4 heteroatoms. The standard InChI is InChI=1S/C8H16N2O2/c1-3-4-9-6-8(12)10-5-7(2)11/h3,7,9,11H,1,4-6H2,2H3,(H,10,12)/t7-/m1/s1. The second-order valence-corrected chi connectivity index (χ2v) is 2.57. The first-order valence-corrected chi connectivity index (χ1v) is 3.93. The summed E-state index contributed by atoms with van der Waals surface area (Å²) in [7, 11) is 0. The lowest BCUT2D eigenvalue weighted by Gasteiger charge is -2.06. The van der Waals surface area contributed by atoms with Gasteiger partial charge in [-0.05, 0) is 6.92 Å². The van der Waals surface area contributed by atoms with Crippen molar-refractivity contribution < 1.29 is 9.90 Å². The van der Waals surface area contributed by atoms with Crippen LogP contribution in [-0.4, -0.2) is 36.8 Å². The zero-order valence-corrected chi connectivity index (χ0v) is 7.34. The number of carbonyl (C=O) groups excluding carboxylic acids is 1. The highest BCUT2D eigenvalue weighted by Gasteiger charge is 2.00. The van der Waals surface area contributed by atoms with Gasteiger partial charge in [0.2, 0.25) is 5.91 Å². The number of nitrogens with one attached hydrogen (secondary N) is 2. The van der Waals surface area contributed by atoms with Crippen molar-refractivity contribution in [1.29, 1.82) is 0 Å². The minimum Gasteiger partial charge on any atom is -0.392 e. The maximum Gasteiger partial charge on any atom is 0.234 e. The molecule has 0 radical (unpaired) electrons. The van der Waals surface area contributed by atoms with Crippen molar-refractivity contribution in [1.82, 2.24) is 10.6 Å². The molecule has 1 amide bonds. The van der Waals surface area contributed by atoms with Crippen molar-refractivity contribution >= 4 is 5.91 Å². The Morgan fingerprint density at radius 2 is 2.42 bits per heavy atom. The SMILES string of the molecule is C=CCNCC(=O)NC[C@@H](C)O. The summed E-state index contributed by atoms with van der Waals surface area (Å²) in [6.45, 7) is 6.30. The molecule has 0 aromatic carbocycles. The highest BCUT2D eigenvalue weighted by Crippen LogP contribution is 1.74. The first-order chi connectivity index (χ1) is 5.66. The lowest BCUT2D eigenvalue weighted by molar-refractivity contribution is -0.120. The maximum atomic E-state index is 10.9. The van der Waals surface area contributed by atoms with Gasteiger partial charge in [-0.25, -0.2) is 0 Å². The predicted octanol–water partition coefficient (Wildman–Crippen LogP) is -0.741. The molecule has 0 heterocycles. The van der Waals surface area contributed by atoms with E-state index in [0.717, 1.165) is 0 Å². The maximum absolute atomic E-state index is 10.9. The highest BCUT2D eigenvalue weighted by molar-refractivity contribution is 5.77. The Morgan fingerprint density at radius 3 is 2.92 bits per heavy atom. The van der Waals surface area contributed by atoms with Crippen LogP contribution in [0.25, 0.3) is 0 Å². The van der Waals surface area contributed by atoms with E-state index in [1.165, 1.54) is 0 Å². The molecule has 12 heavy (non-hydrogen) atoms. The number of amides is 1. The van der Waals surface area contributed by atoms with Crippen LogP contribution in [0, 0.1) is 0 Å². The molecule has 70 valence electrons. The van der Waals surface area contributed by atoms with Crippen LogP contribution in [0.5, 0.6) is 0 Å². The number of aliphatic hydroxyl groups excluding tert-OH is 1. The summed E-state index contributed by atoms with van der Waals surface area (Å²) in [6.07, 6.45) is 1.19. The van der Waals surface area contributed by atoms with Crippen molar-refractivity contribution in [3.63, 3.8) is 0 Å². The van der Waals surface area contributed by atoms with Gasteiger partial charge in [-0.3, -0.25) is 4.79 Å². The zero-order valence-electron chi connectivity index (χ0n) is 7.34. The summed E-state index contributed by atoms with van der Waals surface area (Å²) in [5.41, 5.74) is 0. The van der Waals surface area contributed by atoms with Gasteiger partial charge in [-0.2, -0.15) is 0 Å². The molecule has 0 saturated carbocycles. The van der Waals surface area contributed by atoms with Crippen LogP contribution in [0.1, 0.15) is 6.92 Å². The zero-order chi connectivity index (χ0) is 9.40. The van der Waals surface area contributed by atoms with Gasteiger partial charge in [0.05, 0.1) is 12.6 Å². The monoisotopic (exact) mass is 172 g/mol. The fraction of sp³-hybridized carbons (Fsp3) is 0.625. The van der Waals surface area contributed by atoms with Crippen molar-refractivity contribution in [2.24, 2.45) is 0 Å². The molecule has 0 fully saturated rings. The molecule has 0 spiro atoms. The summed E-state index contributed by atoms with van der Waals surface area (Å²) in [4.78, 5) is 10.9. The van der Waals surface area contributed by atoms with Gasteiger partial charge in [0.25, 0.3) is 0 Å². The third-order valence-electron chi connectivity index (χ3n) is 1.17. The largest absolute Gasteiger partial charge is 0.392 e. The number of carbonyl (C=O) groups is 1. The Kier molecular flexibility index (Phi) is 6.32. The highest BCUT2D eigenvalue weighted by atomic mass is 16.3. The molecule has 0 bridgehead atoms. The van der Waals surface area contributed by atoms with Crippen LogP contribution >= 0.6 is 0 Å². The van der Waals surface area contributed by atoms with E-state index in [-0.39, 0.29) is 12.5 Å². The van der Waals surface area contributed by atoms with Crippen LogP contribution in [0.15, 0.2) is 12.7 Å². The average molecular weight is 172 g/mol. The van der Waals surface area contributed by atoms with Gasteiger partial charge in [-0.15, -0.1) is 6.58 Å². The normalized spacial score (nSPS) is 12.2. The topological polar surface area (TPSA) is 61.4 Å². The van der Waals surface area contributed by atoms with E-state index in [9.17, 15) is 4.79 Å². The van der Waals surface area contributed by atoms with Crippen LogP contribution in [0.4, 0.5) is 0 Å². The van der Waals surface area contributed by atoms with E-state index in [1.54, 1.807) is 13.0 Å². The molecule has 4 nitrogen and oxygen atoms in total. The summed E-state index contributed by atoms with van der Waals surface area (Å²) in [5.74, 6) is -0.113. The van der Waals surface area contributed by atoms with Gasteiger partial charge in [0.15, 0.2) is 0 Å². The Labute approximate surface area is 72.7 Å². The second-order valence-electron chi connectivity index (χ2n) is 2.57. The third kappa shape index (κ3) is 7.24. The van der Waals surface area contributed by atoms with E-state index in [1.807, 2.05) is 0 Å². The molecule has 0 aromatic rings. The number of rotatable bonds is 6. The van der Waals surface area contributed by atoms with E-state index >= 15 is 0 Å². The van der Waals surface area contributed by atoms with Crippen molar-refractivity contribution in [3.8, 4) is 0 Å². The summed E-state index contributed by atoms with van der Waals surface area (Å²) >= 11 is 0. The van der Waals surface area contributed by atoms with Crippen molar-refractivity contribution in [2.45, 2.75) is 13.0 Å². The fourth-order valence-electron chi connectivity index (χ4n) is 0.612. The van der Waals surface area contributed by atoms with E-state index in [0.29, 0.717) is 13.1 Å². The van der Waals surface area contributed by atoms with E-state index < -0.39 is 6.10 Å². The van der Waals surface area contributed by atoms with Crippen LogP contribution < -0.4 is 10.6 Å². The summed E-state index contributed by atoms with van der Waals surface area (Å²) in [6, 6.07) is 0. The first-order valence-electron chi connectivity index (χ1n) is 3.93. The minimum absolute atomic E-state index is 0.113. The van der Waals surface area contributed by atoms with Gasteiger partial charge in [-0.1, -0.05) is 6.08 Å². The fourth-order valence-corrected chi connectivity index (χ4v) is 0.612. The Bertz CT molecular complexity index is 146. The second kappa shape index (κ2) is 6.82. The molecule has 3 N–H and O–H groups in total. The predicted molar refractivity (Wildman–Crippen MR) is 47.8 cm³/mol. The van der Waals surface area contributed by atoms with E-state index in [4.69, 9.17) is 5.11 Å². The lowest BCUT2D eigenvalue weighted by Crippen LogP contribution is -2.37. The van der Waals surface area contributed by atoms with E-state index in [2.05, 4.69) is 17.2 Å². The Hall–Kier alpha value is -0.870. The minimum atomic E-state index is -0.492. The molecule has 0 saturated heterocycles. The van der Waals surface area contributed by atoms with Gasteiger partial charge in [0, 0.05) is 13.1 Å². The first kappa shape index (κ1) is 11.1. The molecule has 0 aliphatic rings. The summed E-state index contributed by atoms with van der Waals surface area (Å²) in [5, 5.41) is 14.2. The molecule has 0 aliphatic heterocycles. The van der Waals surface area contributed by atoms with Gasteiger partial charge < -0.3 is 15.7 Å². The number of hydrogen-bond acceptors (Lipinski definition) is 3. The molecule has 0 unspecified atom stereocenters. The molecule has 0 aromatic heterocycles. The summed E-state index contributed by atoms with van der Waals surface area (Å²) < 4.78 is 0. The number of hydrogen-bond donors (Lipinski definition) is 3. The smallest absolute Gasteiger partial charge is 0.234 e.